The van der Waals surface area contributed by atoms with E-state index in [0.717, 1.165) is 11.3 Å². The molecule has 0 aliphatic rings. The summed E-state index contributed by atoms with van der Waals surface area (Å²) in [5.41, 5.74) is 0.921. The van der Waals surface area contributed by atoms with E-state index >= 15 is 0 Å². The third kappa shape index (κ3) is 4.00. The molecule has 0 amide bonds. The summed E-state index contributed by atoms with van der Waals surface area (Å²) in [5.74, 6) is 0.916. The zero-order valence-corrected chi connectivity index (χ0v) is 13.0. The topological polar surface area (TPSA) is 2.70 Å². The molecule has 1 aromatic rings. The van der Waals surface area contributed by atoms with Gasteiger partial charge in [0.2, 0.25) is 0 Å². The number of hydrogen-bond acceptors (Lipinski definition) is 0. The van der Waals surface area contributed by atoms with E-state index in [-0.39, 0.29) is 6.10 Å². The summed E-state index contributed by atoms with van der Waals surface area (Å²) in [7, 11) is 15.7. The van der Waals surface area contributed by atoms with Crippen molar-refractivity contribution >= 4 is 35.6 Å². The molecule has 0 saturated heterocycles. The monoisotopic (exact) mass is 368 g/mol. The summed E-state index contributed by atoms with van der Waals surface area (Å²) in [6, 6.07) is 5.56. The molecule has 0 spiro atoms. The summed E-state index contributed by atoms with van der Waals surface area (Å²) in [6.45, 7) is 4.07. The van der Waals surface area contributed by atoms with Gasteiger partial charge in [-0.05, 0) is 0 Å². The van der Waals surface area contributed by atoms with Crippen LogP contribution in [0.5, 0.6) is 5.75 Å². The van der Waals surface area contributed by atoms with Crippen LogP contribution in [0.2, 0.25) is 5.02 Å². The van der Waals surface area contributed by atoms with Crippen LogP contribution in [0.15, 0.2) is 18.2 Å². The average molecular weight is 369 g/mol. The van der Waals surface area contributed by atoms with Gasteiger partial charge in [0.15, 0.2) is 0 Å². The molecule has 5 heteroatoms. The summed E-state index contributed by atoms with van der Waals surface area (Å²) >= 11 is 4.08. The zero-order chi connectivity index (χ0) is 12.3. The fourth-order valence-corrected chi connectivity index (χ4v) is 3.14. The maximum absolute atomic E-state index is 5.95. The Morgan fingerprint density at radius 3 is 2.50 bits per heavy atom. The van der Waals surface area contributed by atoms with Gasteiger partial charge in [-0.3, -0.25) is 0 Å². The fourth-order valence-electron chi connectivity index (χ4n) is 1.17. The van der Waals surface area contributed by atoms with E-state index in [1.807, 2.05) is 36.7 Å². The molecule has 1 aromatic carbocycles. The molecule has 0 radical (unpaired) electrons. The van der Waals surface area contributed by atoms with Crippen molar-refractivity contribution in [1.82, 2.24) is 0 Å². The minimum absolute atomic E-state index is 0.222. The molecular formula is C11H13Cl3ORu. The Labute approximate surface area is 114 Å². The predicted molar refractivity (Wildman–Crippen MR) is 69.3 cm³/mol. The van der Waals surface area contributed by atoms with Crippen molar-refractivity contribution < 1.29 is 17.9 Å². The standard InChI is InChI=1S/C11H13ClO.2ClH.Ru/c1-8(2)13(4)11-6-5-10(12)7-9(11)3;;;/h3,5-8H,4H2,1-2H3;2*1H;/q;;;+2/p-2. The van der Waals surface area contributed by atoms with Gasteiger partial charge in [0.05, 0.1) is 0 Å². The summed E-state index contributed by atoms with van der Waals surface area (Å²) in [6.07, 6.45) is 0.222. The SMILES string of the molecule is [CH2-][O+](c1ccc(Cl)cc1[CH]=[Ru]([Cl])[Cl])C(C)C. The second kappa shape index (κ2) is 6.35. The van der Waals surface area contributed by atoms with Gasteiger partial charge in [-0.25, -0.2) is 0 Å². The van der Waals surface area contributed by atoms with Crippen LogP contribution in [0.25, 0.3) is 0 Å². The maximum atomic E-state index is 5.95. The van der Waals surface area contributed by atoms with Crippen LogP contribution < -0.4 is 0 Å². The van der Waals surface area contributed by atoms with Crippen LogP contribution in [-0.4, -0.2) is 10.7 Å². The van der Waals surface area contributed by atoms with Crippen molar-refractivity contribution in [2.24, 2.45) is 0 Å². The molecule has 1 rings (SSSR count). The molecule has 0 aromatic heterocycles. The van der Waals surface area contributed by atoms with Gasteiger partial charge in [0.1, 0.15) is 0 Å². The summed E-state index contributed by atoms with van der Waals surface area (Å²) < 4.78 is 4.64. The molecule has 0 N–H and O–H groups in total. The van der Waals surface area contributed by atoms with Crippen LogP contribution in [0.4, 0.5) is 0 Å². The van der Waals surface area contributed by atoms with Gasteiger partial charge in [0, 0.05) is 0 Å². The van der Waals surface area contributed by atoms with Gasteiger partial charge in [0.25, 0.3) is 0 Å². The van der Waals surface area contributed by atoms with Crippen molar-refractivity contribution in [1.29, 1.82) is 0 Å². The Bertz CT molecular complexity index is 400. The Balaban J connectivity index is 3.22. The molecule has 16 heavy (non-hydrogen) atoms. The van der Waals surface area contributed by atoms with Gasteiger partial charge >= 0.3 is 115 Å². The molecule has 0 fully saturated rings. The second-order valence-corrected chi connectivity index (χ2v) is 9.63. The third-order valence-corrected chi connectivity index (χ3v) is 4.08. The molecule has 0 aliphatic carbocycles. The second-order valence-electron chi connectivity index (χ2n) is 3.47. The number of rotatable bonds is 3. The Kier molecular flexibility index (Phi) is 5.73. The molecule has 0 unspecified atom stereocenters. The number of benzene rings is 1. The zero-order valence-electron chi connectivity index (χ0n) is 8.99. The van der Waals surface area contributed by atoms with Crippen molar-refractivity contribution in [2.75, 3.05) is 0 Å². The quantitative estimate of drug-likeness (QED) is 0.406. The molecule has 0 heterocycles. The van der Waals surface area contributed by atoms with Crippen LogP contribution in [-0.2, 0) is 17.9 Å². The van der Waals surface area contributed by atoms with E-state index in [4.69, 9.17) is 31.0 Å². The minimum atomic E-state index is -1.87. The Hall–Kier alpha value is 0.383. The van der Waals surface area contributed by atoms with Crippen LogP contribution >= 0.6 is 31.0 Å². The van der Waals surface area contributed by atoms with Crippen molar-refractivity contribution in [3.05, 3.63) is 35.9 Å². The van der Waals surface area contributed by atoms with E-state index in [2.05, 4.69) is 11.5 Å². The summed E-state index contributed by atoms with van der Waals surface area (Å²) in [5, 5.41) is 0.663. The van der Waals surface area contributed by atoms with E-state index in [9.17, 15) is 0 Å². The first kappa shape index (κ1) is 14.4. The average Bonchev–Trinajstić information content (AvgIpc) is 2.15. The molecule has 0 bridgehead atoms. The van der Waals surface area contributed by atoms with E-state index in [1.54, 1.807) is 0 Å². The van der Waals surface area contributed by atoms with Crippen molar-refractivity contribution in [3.63, 3.8) is 0 Å². The first-order chi connectivity index (χ1) is 7.41. The third-order valence-electron chi connectivity index (χ3n) is 2.01. The van der Waals surface area contributed by atoms with Crippen LogP contribution in [0.1, 0.15) is 19.4 Å². The van der Waals surface area contributed by atoms with Gasteiger partial charge in [-0.15, -0.1) is 0 Å². The van der Waals surface area contributed by atoms with E-state index in [0.29, 0.717) is 5.02 Å². The van der Waals surface area contributed by atoms with Gasteiger partial charge < -0.3 is 0 Å². The van der Waals surface area contributed by atoms with Crippen LogP contribution in [0.3, 0.4) is 0 Å². The normalized spacial score (nSPS) is 11.6. The first-order valence-electron chi connectivity index (χ1n) is 4.57. The first-order valence-corrected chi connectivity index (χ1v) is 10.4. The Morgan fingerprint density at radius 2 is 2.00 bits per heavy atom. The number of hydrogen-bond donors (Lipinski definition) is 0. The molecule has 0 atom stereocenters. The molecule has 92 valence electrons. The molecule has 1 nitrogen and oxygen atoms in total. The van der Waals surface area contributed by atoms with Gasteiger partial charge in [-0.2, -0.15) is 0 Å². The van der Waals surface area contributed by atoms with Crippen molar-refractivity contribution in [3.8, 4) is 5.75 Å². The van der Waals surface area contributed by atoms with Crippen LogP contribution in [0, 0.1) is 7.11 Å². The van der Waals surface area contributed by atoms with Gasteiger partial charge in [-0.1, -0.05) is 0 Å². The Morgan fingerprint density at radius 1 is 1.38 bits per heavy atom. The molecule has 0 aliphatic heterocycles. The molecule has 0 saturated carbocycles. The van der Waals surface area contributed by atoms with E-state index < -0.39 is 13.5 Å². The summed E-state index contributed by atoms with van der Waals surface area (Å²) in [4.78, 5) is 0. The molecular weight excluding hydrogens is 356 g/mol. The number of halogens is 3. The van der Waals surface area contributed by atoms with E-state index in [1.165, 1.54) is 0 Å². The van der Waals surface area contributed by atoms with Crippen molar-refractivity contribution in [2.45, 2.75) is 20.0 Å². The fraction of sp³-hybridized carbons (Fsp3) is 0.273. The predicted octanol–water partition coefficient (Wildman–Crippen LogP) is 4.88.